The largest absolute Gasteiger partial charge is 0.378 e. The molecule has 0 N–H and O–H groups in total. The normalized spacial score (nSPS) is 29.5. The molecule has 0 aromatic heterocycles. The molecule has 0 aromatic rings. The van der Waals surface area contributed by atoms with E-state index in [1.165, 1.54) is 0 Å². The molecular formula is C19H32N4O4. The van der Waals surface area contributed by atoms with Crippen molar-refractivity contribution in [3.63, 3.8) is 0 Å². The first-order valence-electron chi connectivity index (χ1n) is 10.1. The zero-order valence-corrected chi connectivity index (χ0v) is 16.6. The molecule has 4 aliphatic heterocycles. The Morgan fingerprint density at radius 3 is 2.48 bits per heavy atom. The zero-order valence-electron chi connectivity index (χ0n) is 16.6. The van der Waals surface area contributed by atoms with E-state index < -0.39 is 0 Å². The zero-order chi connectivity index (χ0) is 19.0. The number of likely N-dealkylation sites (tertiary alicyclic amines) is 2. The lowest BCUT2D eigenvalue weighted by molar-refractivity contribution is -0.183. The van der Waals surface area contributed by atoms with Gasteiger partial charge in [0.1, 0.15) is 6.61 Å². The van der Waals surface area contributed by atoms with Gasteiger partial charge in [0.15, 0.2) is 0 Å². The van der Waals surface area contributed by atoms with Gasteiger partial charge in [0.25, 0.3) is 0 Å². The second kappa shape index (κ2) is 7.66. The Hall–Kier alpha value is -1.22. The minimum absolute atomic E-state index is 0.0494. The van der Waals surface area contributed by atoms with Crippen molar-refractivity contribution in [2.24, 2.45) is 0 Å². The van der Waals surface area contributed by atoms with E-state index in [-0.39, 0.29) is 30.0 Å². The van der Waals surface area contributed by atoms with Crippen molar-refractivity contribution < 1.29 is 19.1 Å². The number of carbonyl (C=O) groups excluding carboxylic acids is 2. The fraction of sp³-hybridized carbons (Fsp3) is 0.895. The van der Waals surface area contributed by atoms with Gasteiger partial charge >= 0.3 is 0 Å². The molecule has 0 bridgehead atoms. The minimum Gasteiger partial charge on any atom is -0.378 e. The Morgan fingerprint density at radius 2 is 1.81 bits per heavy atom. The third-order valence-electron chi connectivity index (χ3n) is 6.79. The molecule has 0 radical (unpaired) electrons. The molecule has 1 atom stereocenters. The SMILES string of the molecule is COCC(=O)N1C[C@@H]2COCCN2C2(C1)CN(C1CCN(C(C)=O)CC1)C2. The topological polar surface area (TPSA) is 65.6 Å². The number of methoxy groups -OCH3 is 1. The number of amides is 2. The number of morpholine rings is 1. The summed E-state index contributed by atoms with van der Waals surface area (Å²) in [6.07, 6.45) is 2.10. The van der Waals surface area contributed by atoms with Gasteiger partial charge in [-0.25, -0.2) is 0 Å². The van der Waals surface area contributed by atoms with E-state index in [0.29, 0.717) is 12.6 Å². The summed E-state index contributed by atoms with van der Waals surface area (Å²) in [6, 6.07) is 0.839. The molecule has 1 spiro atoms. The predicted octanol–water partition coefficient (Wildman–Crippen LogP) is -0.759. The van der Waals surface area contributed by atoms with Gasteiger partial charge in [-0.15, -0.1) is 0 Å². The van der Waals surface area contributed by atoms with Crippen LogP contribution in [0.3, 0.4) is 0 Å². The summed E-state index contributed by atoms with van der Waals surface area (Å²) in [5.74, 6) is 0.264. The smallest absolute Gasteiger partial charge is 0.248 e. The molecule has 27 heavy (non-hydrogen) atoms. The molecule has 4 fully saturated rings. The molecule has 4 rings (SSSR count). The molecular weight excluding hydrogens is 348 g/mol. The van der Waals surface area contributed by atoms with Gasteiger partial charge in [0.2, 0.25) is 11.8 Å². The van der Waals surface area contributed by atoms with E-state index in [0.717, 1.165) is 65.3 Å². The maximum Gasteiger partial charge on any atom is 0.248 e. The van der Waals surface area contributed by atoms with Crippen LogP contribution in [0, 0.1) is 0 Å². The van der Waals surface area contributed by atoms with Crippen LogP contribution in [0.25, 0.3) is 0 Å². The lowest BCUT2D eigenvalue weighted by atomic mass is 9.80. The third-order valence-corrected chi connectivity index (χ3v) is 6.79. The summed E-state index contributed by atoms with van der Waals surface area (Å²) in [6.45, 7) is 9.50. The maximum absolute atomic E-state index is 12.5. The lowest BCUT2D eigenvalue weighted by Gasteiger charge is -2.65. The molecule has 4 heterocycles. The first-order valence-corrected chi connectivity index (χ1v) is 10.1. The quantitative estimate of drug-likeness (QED) is 0.641. The summed E-state index contributed by atoms with van der Waals surface area (Å²) in [7, 11) is 1.58. The number of hydrogen-bond acceptors (Lipinski definition) is 6. The van der Waals surface area contributed by atoms with Crippen molar-refractivity contribution in [1.82, 2.24) is 19.6 Å². The van der Waals surface area contributed by atoms with Crippen LogP contribution in [-0.2, 0) is 19.1 Å². The highest BCUT2D eigenvalue weighted by atomic mass is 16.5. The summed E-state index contributed by atoms with van der Waals surface area (Å²) >= 11 is 0. The van der Waals surface area contributed by atoms with Gasteiger partial charge < -0.3 is 19.3 Å². The van der Waals surface area contributed by atoms with E-state index in [4.69, 9.17) is 9.47 Å². The minimum atomic E-state index is 0.0494. The average Bonchev–Trinajstić information content (AvgIpc) is 2.65. The van der Waals surface area contributed by atoms with Gasteiger partial charge in [-0.1, -0.05) is 0 Å². The number of rotatable bonds is 3. The highest BCUT2D eigenvalue weighted by Gasteiger charge is 2.56. The van der Waals surface area contributed by atoms with E-state index in [1.807, 2.05) is 9.80 Å². The van der Waals surface area contributed by atoms with Gasteiger partial charge in [0.05, 0.1) is 24.8 Å². The standard InChI is InChI=1S/C19H32N4O4/c1-15(24)20-5-3-16(4-6-20)22-13-19(14-22)12-21(18(25)11-26-2)9-17-10-27-8-7-23(17)19/h16-17H,3-14H2,1-2H3/t17-/m1/s1. The Morgan fingerprint density at radius 1 is 1.07 bits per heavy atom. The van der Waals surface area contributed by atoms with Crippen molar-refractivity contribution in [2.75, 3.05) is 72.7 Å². The summed E-state index contributed by atoms with van der Waals surface area (Å²) in [4.78, 5) is 33.1. The van der Waals surface area contributed by atoms with Crippen molar-refractivity contribution in [3.05, 3.63) is 0 Å². The molecule has 4 aliphatic rings. The van der Waals surface area contributed by atoms with Crippen LogP contribution in [0.5, 0.6) is 0 Å². The van der Waals surface area contributed by atoms with Crippen molar-refractivity contribution in [2.45, 2.75) is 37.4 Å². The molecule has 4 saturated heterocycles. The van der Waals surface area contributed by atoms with E-state index >= 15 is 0 Å². The number of carbonyl (C=O) groups is 2. The van der Waals surface area contributed by atoms with Gasteiger partial charge in [-0.3, -0.25) is 19.4 Å². The van der Waals surface area contributed by atoms with Crippen LogP contribution in [0.2, 0.25) is 0 Å². The van der Waals surface area contributed by atoms with Crippen LogP contribution < -0.4 is 0 Å². The summed E-state index contributed by atoms with van der Waals surface area (Å²) in [5, 5.41) is 0. The van der Waals surface area contributed by atoms with Crippen LogP contribution in [0.15, 0.2) is 0 Å². The van der Waals surface area contributed by atoms with E-state index in [2.05, 4.69) is 9.80 Å². The Kier molecular flexibility index (Phi) is 5.42. The molecule has 0 aromatic carbocycles. The van der Waals surface area contributed by atoms with Crippen molar-refractivity contribution in [3.8, 4) is 0 Å². The fourth-order valence-electron chi connectivity index (χ4n) is 5.40. The van der Waals surface area contributed by atoms with Crippen LogP contribution >= 0.6 is 0 Å². The number of piperazine rings is 1. The molecule has 8 nitrogen and oxygen atoms in total. The second-order valence-electron chi connectivity index (χ2n) is 8.50. The Balaban J connectivity index is 1.40. The first-order chi connectivity index (χ1) is 13.0. The third kappa shape index (κ3) is 3.60. The van der Waals surface area contributed by atoms with E-state index in [9.17, 15) is 9.59 Å². The molecule has 8 heteroatoms. The highest BCUT2D eigenvalue weighted by molar-refractivity contribution is 5.77. The predicted molar refractivity (Wildman–Crippen MR) is 99.3 cm³/mol. The molecule has 152 valence electrons. The number of ether oxygens (including phenoxy) is 2. The van der Waals surface area contributed by atoms with Gasteiger partial charge in [-0.2, -0.15) is 0 Å². The second-order valence-corrected chi connectivity index (χ2v) is 8.50. The number of hydrogen-bond donors (Lipinski definition) is 0. The van der Waals surface area contributed by atoms with Crippen LogP contribution in [0.4, 0.5) is 0 Å². The molecule has 0 aliphatic carbocycles. The van der Waals surface area contributed by atoms with Gasteiger partial charge in [0, 0.05) is 65.9 Å². The van der Waals surface area contributed by atoms with Crippen molar-refractivity contribution in [1.29, 1.82) is 0 Å². The lowest BCUT2D eigenvalue weighted by Crippen LogP contribution is -2.82. The monoisotopic (exact) mass is 380 g/mol. The van der Waals surface area contributed by atoms with Crippen LogP contribution in [0.1, 0.15) is 19.8 Å². The summed E-state index contributed by atoms with van der Waals surface area (Å²) in [5.41, 5.74) is 0.0494. The summed E-state index contributed by atoms with van der Waals surface area (Å²) < 4.78 is 10.8. The first kappa shape index (κ1) is 19.1. The van der Waals surface area contributed by atoms with Crippen LogP contribution in [-0.4, -0.2) is 122 Å². The molecule has 0 unspecified atom stereocenters. The van der Waals surface area contributed by atoms with Crippen molar-refractivity contribution >= 4 is 11.8 Å². The maximum atomic E-state index is 12.5. The molecule has 2 amide bonds. The molecule has 0 saturated carbocycles. The number of piperidine rings is 1. The van der Waals surface area contributed by atoms with E-state index in [1.54, 1.807) is 14.0 Å². The Labute approximate surface area is 161 Å². The highest BCUT2D eigenvalue weighted by Crippen LogP contribution is 2.38. The average molecular weight is 380 g/mol. The number of nitrogens with zero attached hydrogens (tertiary/aromatic N) is 4. The number of fused-ring (bicyclic) bond motifs is 2. The van der Waals surface area contributed by atoms with Gasteiger partial charge in [-0.05, 0) is 12.8 Å². The Bertz CT molecular complexity index is 572. The fourth-order valence-corrected chi connectivity index (χ4v) is 5.40.